The minimum atomic E-state index is 0.686. The summed E-state index contributed by atoms with van der Waals surface area (Å²) < 4.78 is 1.80. The largest absolute Gasteiger partial charge is 0.379 e. The topological polar surface area (TPSA) is 68.5 Å². The Labute approximate surface area is 122 Å². The van der Waals surface area contributed by atoms with E-state index in [1.165, 1.54) is 5.56 Å². The van der Waals surface area contributed by atoms with Crippen molar-refractivity contribution in [3.05, 3.63) is 66.3 Å². The third-order valence-corrected chi connectivity index (χ3v) is 3.07. The highest BCUT2D eigenvalue weighted by molar-refractivity contribution is 5.44. The molecule has 0 radical (unpaired) electrons. The molecule has 6 heteroatoms. The Morgan fingerprint density at radius 2 is 2.00 bits per heavy atom. The summed E-state index contributed by atoms with van der Waals surface area (Å²) in [6.07, 6.45) is 5.03. The second kappa shape index (κ2) is 6.13. The van der Waals surface area contributed by atoms with Crippen molar-refractivity contribution in [2.45, 2.75) is 20.0 Å². The zero-order valence-corrected chi connectivity index (χ0v) is 11.8. The number of nitrogens with one attached hydrogen (secondary N) is 1. The van der Waals surface area contributed by atoms with E-state index in [1.54, 1.807) is 23.5 Å². The molecule has 0 aliphatic rings. The molecule has 3 rings (SSSR count). The van der Waals surface area contributed by atoms with Crippen molar-refractivity contribution in [1.82, 2.24) is 24.7 Å². The first-order valence-corrected chi connectivity index (χ1v) is 6.73. The van der Waals surface area contributed by atoms with Gasteiger partial charge in [-0.3, -0.25) is 0 Å². The van der Waals surface area contributed by atoms with E-state index in [9.17, 15) is 0 Å². The lowest BCUT2D eigenvalue weighted by Crippen LogP contribution is -2.04. The van der Waals surface area contributed by atoms with E-state index in [4.69, 9.17) is 0 Å². The molecule has 3 aromatic rings. The van der Waals surface area contributed by atoms with E-state index in [0.717, 1.165) is 23.8 Å². The third-order valence-electron chi connectivity index (χ3n) is 3.07. The van der Waals surface area contributed by atoms with Gasteiger partial charge in [-0.1, -0.05) is 12.1 Å². The van der Waals surface area contributed by atoms with Crippen LogP contribution in [-0.2, 0) is 13.1 Å². The molecule has 1 N–H and O–H groups in total. The number of aryl methyl sites for hydroxylation is 1. The molecule has 0 unspecified atom stereocenters. The van der Waals surface area contributed by atoms with E-state index < -0.39 is 0 Å². The van der Waals surface area contributed by atoms with E-state index in [2.05, 4.69) is 49.6 Å². The molecule has 0 saturated carbocycles. The monoisotopic (exact) mass is 280 g/mol. The molecule has 21 heavy (non-hydrogen) atoms. The maximum absolute atomic E-state index is 4.36. The van der Waals surface area contributed by atoms with Crippen LogP contribution >= 0.6 is 0 Å². The van der Waals surface area contributed by atoms with Crippen molar-refractivity contribution in [1.29, 1.82) is 0 Å². The Balaban J connectivity index is 1.59. The first kappa shape index (κ1) is 13.2. The van der Waals surface area contributed by atoms with Crippen molar-refractivity contribution in [3.8, 4) is 0 Å². The first-order valence-electron chi connectivity index (χ1n) is 6.73. The predicted molar refractivity (Wildman–Crippen MR) is 79.7 cm³/mol. The van der Waals surface area contributed by atoms with Crippen LogP contribution in [0.5, 0.6) is 0 Å². The molecule has 6 nitrogen and oxygen atoms in total. The summed E-state index contributed by atoms with van der Waals surface area (Å²) in [4.78, 5) is 12.4. The molecule has 0 bridgehead atoms. The number of rotatable bonds is 5. The predicted octanol–water partition coefficient (Wildman–Crippen LogP) is 2.04. The maximum atomic E-state index is 4.36. The van der Waals surface area contributed by atoms with E-state index >= 15 is 0 Å². The lowest BCUT2D eigenvalue weighted by molar-refractivity contribution is 0.685. The van der Waals surface area contributed by atoms with E-state index in [1.807, 2.05) is 13.0 Å². The molecular weight excluding hydrogens is 264 g/mol. The van der Waals surface area contributed by atoms with Gasteiger partial charge in [0.05, 0.1) is 18.8 Å². The zero-order valence-electron chi connectivity index (χ0n) is 11.8. The highest BCUT2D eigenvalue weighted by Crippen LogP contribution is 2.11. The van der Waals surface area contributed by atoms with E-state index in [-0.39, 0.29) is 0 Å². The molecule has 0 fully saturated rings. The number of anilines is 1. The number of hydrogen-bond acceptors (Lipinski definition) is 5. The second-order valence-corrected chi connectivity index (χ2v) is 4.74. The number of benzene rings is 1. The Morgan fingerprint density at radius 1 is 1.14 bits per heavy atom. The molecule has 0 spiro atoms. The average Bonchev–Trinajstić information content (AvgIpc) is 3.00. The third kappa shape index (κ3) is 3.62. The minimum Gasteiger partial charge on any atom is -0.379 e. The first-order chi connectivity index (χ1) is 10.3. The van der Waals surface area contributed by atoms with Crippen LogP contribution in [0.4, 0.5) is 5.69 Å². The van der Waals surface area contributed by atoms with Gasteiger partial charge in [0.25, 0.3) is 0 Å². The summed E-state index contributed by atoms with van der Waals surface area (Å²) in [5.41, 5.74) is 3.23. The molecule has 0 aliphatic heterocycles. The maximum Gasteiger partial charge on any atom is 0.137 e. The Kier molecular flexibility index (Phi) is 3.86. The quantitative estimate of drug-likeness (QED) is 0.774. The number of aromatic nitrogens is 5. The fourth-order valence-electron chi connectivity index (χ4n) is 2.03. The van der Waals surface area contributed by atoms with Crippen molar-refractivity contribution >= 4 is 5.69 Å². The van der Waals surface area contributed by atoms with Crippen LogP contribution in [0.25, 0.3) is 0 Å². The van der Waals surface area contributed by atoms with Crippen LogP contribution in [0.3, 0.4) is 0 Å². The second-order valence-electron chi connectivity index (χ2n) is 4.74. The summed E-state index contributed by atoms with van der Waals surface area (Å²) in [5, 5.41) is 7.44. The van der Waals surface area contributed by atoms with Crippen LogP contribution in [0.1, 0.15) is 17.1 Å². The summed E-state index contributed by atoms with van der Waals surface area (Å²) in [6, 6.07) is 10.2. The summed E-state index contributed by atoms with van der Waals surface area (Å²) in [6.45, 7) is 3.31. The standard InChI is InChI=1S/C15H16N6/c1-12-17-7-6-15(20-12)8-18-14-4-2-13(3-5-14)9-21-11-16-10-19-21/h2-7,10-11,18H,8-9H2,1H3. The zero-order chi connectivity index (χ0) is 14.5. The highest BCUT2D eigenvalue weighted by atomic mass is 15.3. The Bertz CT molecular complexity index is 690. The van der Waals surface area contributed by atoms with Crippen LogP contribution < -0.4 is 5.32 Å². The molecule has 0 aliphatic carbocycles. The smallest absolute Gasteiger partial charge is 0.137 e. The van der Waals surface area contributed by atoms with Gasteiger partial charge in [-0.25, -0.2) is 19.6 Å². The Hall–Kier alpha value is -2.76. The molecule has 2 aromatic heterocycles. The molecule has 106 valence electrons. The van der Waals surface area contributed by atoms with Gasteiger partial charge in [0, 0.05) is 11.9 Å². The molecule has 0 atom stereocenters. The molecule has 0 saturated heterocycles. The van der Waals surface area contributed by atoms with Crippen LogP contribution in [0, 0.1) is 6.92 Å². The molecule has 0 amide bonds. The summed E-state index contributed by atoms with van der Waals surface area (Å²) >= 11 is 0. The fraction of sp³-hybridized carbons (Fsp3) is 0.200. The molecule has 1 aromatic carbocycles. The van der Waals surface area contributed by atoms with Gasteiger partial charge in [-0.05, 0) is 30.7 Å². The van der Waals surface area contributed by atoms with Crippen molar-refractivity contribution < 1.29 is 0 Å². The molecule has 2 heterocycles. The average molecular weight is 280 g/mol. The SMILES string of the molecule is Cc1nccc(CNc2ccc(Cn3cncn3)cc2)n1. The van der Waals surface area contributed by atoms with Gasteiger partial charge in [-0.2, -0.15) is 5.10 Å². The normalized spacial score (nSPS) is 10.5. The van der Waals surface area contributed by atoms with Crippen LogP contribution in [0.15, 0.2) is 49.2 Å². The fourth-order valence-corrected chi connectivity index (χ4v) is 2.03. The lowest BCUT2D eigenvalue weighted by Gasteiger charge is -2.07. The van der Waals surface area contributed by atoms with Crippen molar-refractivity contribution in [2.24, 2.45) is 0 Å². The minimum absolute atomic E-state index is 0.686. The van der Waals surface area contributed by atoms with Gasteiger partial charge in [0.15, 0.2) is 0 Å². The number of nitrogens with zero attached hydrogens (tertiary/aromatic N) is 5. The lowest BCUT2D eigenvalue weighted by atomic mass is 10.2. The van der Waals surface area contributed by atoms with Crippen molar-refractivity contribution in [3.63, 3.8) is 0 Å². The highest BCUT2D eigenvalue weighted by Gasteiger charge is 1.99. The van der Waals surface area contributed by atoms with E-state index in [0.29, 0.717) is 6.54 Å². The van der Waals surface area contributed by atoms with Crippen LogP contribution in [0.2, 0.25) is 0 Å². The van der Waals surface area contributed by atoms with Crippen LogP contribution in [-0.4, -0.2) is 24.7 Å². The van der Waals surface area contributed by atoms with Gasteiger partial charge in [0.2, 0.25) is 0 Å². The molecular formula is C15H16N6. The van der Waals surface area contributed by atoms with Gasteiger partial charge in [0.1, 0.15) is 18.5 Å². The summed E-state index contributed by atoms with van der Waals surface area (Å²) in [5.74, 6) is 0.789. The van der Waals surface area contributed by atoms with Gasteiger partial charge < -0.3 is 5.32 Å². The summed E-state index contributed by atoms with van der Waals surface area (Å²) in [7, 11) is 0. The van der Waals surface area contributed by atoms with Gasteiger partial charge in [-0.15, -0.1) is 0 Å². The van der Waals surface area contributed by atoms with Gasteiger partial charge >= 0.3 is 0 Å². The van der Waals surface area contributed by atoms with Crippen molar-refractivity contribution in [2.75, 3.05) is 5.32 Å². The Morgan fingerprint density at radius 3 is 2.71 bits per heavy atom. The number of hydrogen-bond donors (Lipinski definition) is 1.